The Kier molecular flexibility index (Phi) is 6.77. The van der Waals surface area contributed by atoms with Gasteiger partial charge >= 0.3 is 0 Å². The molecule has 1 fully saturated rings. The molecule has 5 heteroatoms. The fourth-order valence-electron chi connectivity index (χ4n) is 2.67. The molecule has 2 heterocycles. The number of nitrogens with one attached hydrogen (secondary N) is 2. The van der Waals surface area contributed by atoms with Gasteiger partial charge in [0.15, 0.2) is 0 Å². The number of hydrogen-bond acceptors (Lipinski definition) is 5. The maximum absolute atomic E-state index is 7.00. The summed E-state index contributed by atoms with van der Waals surface area (Å²) in [7, 11) is 1.00. The van der Waals surface area contributed by atoms with E-state index in [0.29, 0.717) is 6.04 Å². The van der Waals surface area contributed by atoms with Crippen molar-refractivity contribution in [2.45, 2.75) is 32.4 Å². The van der Waals surface area contributed by atoms with Crippen molar-refractivity contribution in [1.82, 2.24) is 15.6 Å². The minimum Gasteiger partial charge on any atom is -0.400 e. The largest absolute Gasteiger partial charge is 0.400 e. The molecule has 4 nitrogen and oxygen atoms in total. The quantitative estimate of drug-likeness (QED) is 0.788. The van der Waals surface area contributed by atoms with Gasteiger partial charge in [-0.25, -0.2) is 4.98 Å². The van der Waals surface area contributed by atoms with Crippen LogP contribution in [0, 0.1) is 6.92 Å². The number of aromatic nitrogens is 1. The summed E-state index contributed by atoms with van der Waals surface area (Å²) >= 11 is 1.69. The Morgan fingerprint density at radius 2 is 2.13 bits per heavy atom. The first kappa shape index (κ1) is 17.7. The minimum atomic E-state index is 0.434. The summed E-state index contributed by atoms with van der Waals surface area (Å²) in [6.07, 6.45) is 2.43. The summed E-state index contributed by atoms with van der Waals surface area (Å²) in [6.45, 7) is 8.13. The van der Waals surface area contributed by atoms with Crippen LogP contribution in [-0.2, 0) is 6.54 Å². The Bertz CT molecular complexity index is 615. The molecule has 0 aliphatic carbocycles. The third-order valence-electron chi connectivity index (χ3n) is 3.96. The van der Waals surface area contributed by atoms with Crippen LogP contribution in [0.25, 0.3) is 10.4 Å². The molecule has 0 amide bonds. The number of aliphatic hydroxyl groups is 1. The zero-order valence-electron chi connectivity index (χ0n) is 13.8. The van der Waals surface area contributed by atoms with E-state index in [4.69, 9.17) is 5.11 Å². The number of rotatable bonds is 5. The second-order valence-corrected chi connectivity index (χ2v) is 6.35. The number of nitrogens with zero attached hydrogens (tertiary/aromatic N) is 1. The van der Waals surface area contributed by atoms with Crippen LogP contribution in [0.2, 0.25) is 0 Å². The van der Waals surface area contributed by atoms with Crippen LogP contribution in [0.4, 0.5) is 0 Å². The van der Waals surface area contributed by atoms with Gasteiger partial charge in [-0.1, -0.05) is 30.8 Å². The fraction of sp³-hybridized carbons (Fsp3) is 0.389. The normalized spacial score (nSPS) is 16.6. The van der Waals surface area contributed by atoms with Crippen molar-refractivity contribution in [1.29, 1.82) is 0 Å². The molecule has 3 rings (SSSR count). The van der Waals surface area contributed by atoms with Gasteiger partial charge in [0.2, 0.25) is 0 Å². The van der Waals surface area contributed by atoms with Gasteiger partial charge in [0.1, 0.15) is 0 Å². The summed E-state index contributed by atoms with van der Waals surface area (Å²) in [5.74, 6) is 0. The lowest BCUT2D eigenvalue weighted by Crippen LogP contribution is -2.30. The van der Waals surface area contributed by atoms with Crippen molar-refractivity contribution < 1.29 is 5.11 Å². The lowest BCUT2D eigenvalue weighted by atomic mass is 10.1. The van der Waals surface area contributed by atoms with Crippen LogP contribution >= 0.6 is 11.3 Å². The van der Waals surface area contributed by atoms with Crippen LogP contribution in [-0.4, -0.2) is 29.8 Å². The Morgan fingerprint density at radius 1 is 1.39 bits per heavy atom. The predicted molar refractivity (Wildman–Crippen MR) is 97.4 cm³/mol. The van der Waals surface area contributed by atoms with E-state index in [1.807, 2.05) is 5.51 Å². The van der Waals surface area contributed by atoms with E-state index in [1.54, 1.807) is 11.3 Å². The van der Waals surface area contributed by atoms with Gasteiger partial charge in [-0.2, -0.15) is 0 Å². The molecule has 0 bridgehead atoms. The van der Waals surface area contributed by atoms with E-state index >= 15 is 0 Å². The standard InChI is InChI=1S/C17H21N3S.CH4O/c1-12(16-4-3-9-18-16)19-10-14-5-7-15(8-6-14)17-13(2)20-11-21-17;1-2/h5-8,11,16,18-19H,1,3-4,9-10H2,2H3;2H,1H3. The lowest BCUT2D eigenvalue weighted by molar-refractivity contribution is 0.399. The Morgan fingerprint density at radius 3 is 2.70 bits per heavy atom. The second-order valence-electron chi connectivity index (χ2n) is 5.49. The summed E-state index contributed by atoms with van der Waals surface area (Å²) in [6, 6.07) is 9.14. The van der Waals surface area contributed by atoms with Crippen molar-refractivity contribution >= 4 is 11.3 Å². The van der Waals surface area contributed by atoms with Crippen LogP contribution in [0.1, 0.15) is 24.1 Å². The molecular formula is C18H25N3OS. The zero-order chi connectivity index (χ0) is 16.7. The summed E-state index contributed by atoms with van der Waals surface area (Å²) in [4.78, 5) is 5.57. The van der Waals surface area contributed by atoms with Crippen LogP contribution in [0.5, 0.6) is 0 Å². The molecule has 1 aliphatic rings. The van der Waals surface area contributed by atoms with Crippen molar-refractivity contribution in [2.24, 2.45) is 0 Å². The van der Waals surface area contributed by atoms with Gasteiger partial charge in [-0.15, -0.1) is 11.3 Å². The average molecular weight is 331 g/mol. The summed E-state index contributed by atoms with van der Waals surface area (Å²) < 4.78 is 0. The molecule has 0 radical (unpaired) electrons. The zero-order valence-corrected chi connectivity index (χ0v) is 14.6. The minimum absolute atomic E-state index is 0.434. The monoisotopic (exact) mass is 331 g/mol. The molecule has 1 atom stereocenters. The average Bonchev–Trinajstić information content (AvgIpc) is 3.27. The summed E-state index contributed by atoms with van der Waals surface area (Å²) in [5, 5.41) is 13.9. The van der Waals surface area contributed by atoms with Gasteiger partial charge in [0.25, 0.3) is 0 Å². The van der Waals surface area contributed by atoms with Gasteiger partial charge in [0, 0.05) is 25.4 Å². The van der Waals surface area contributed by atoms with E-state index in [0.717, 1.165) is 31.6 Å². The highest BCUT2D eigenvalue weighted by atomic mass is 32.1. The highest BCUT2D eigenvalue weighted by Gasteiger charge is 2.16. The molecule has 0 saturated carbocycles. The van der Waals surface area contributed by atoms with E-state index in [1.165, 1.54) is 28.8 Å². The highest BCUT2D eigenvalue weighted by Crippen LogP contribution is 2.27. The molecule has 23 heavy (non-hydrogen) atoms. The summed E-state index contributed by atoms with van der Waals surface area (Å²) in [5.41, 5.74) is 6.63. The molecule has 124 valence electrons. The Hall–Kier alpha value is -1.69. The molecule has 1 aromatic carbocycles. The fourth-order valence-corrected chi connectivity index (χ4v) is 3.49. The molecule has 1 aliphatic heterocycles. The Balaban J connectivity index is 0.000000924. The topological polar surface area (TPSA) is 57.2 Å². The first-order valence-electron chi connectivity index (χ1n) is 7.84. The van der Waals surface area contributed by atoms with E-state index < -0.39 is 0 Å². The van der Waals surface area contributed by atoms with Crippen molar-refractivity contribution in [2.75, 3.05) is 13.7 Å². The lowest BCUT2D eigenvalue weighted by Gasteiger charge is -2.16. The van der Waals surface area contributed by atoms with E-state index in [9.17, 15) is 0 Å². The number of benzene rings is 1. The number of thiazole rings is 1. The third kappa shape index (κ3) is 4.64. The van der Waals surface area contributed by atoms with Gasteiger partial charge in [0.05, 0.1) is 16.1 Å². The van der Waals surface area contributed by atoms with Crippen molar-refractivity contribution in [3.63, 3.8) is 0 Å². The highest BCUT2D eigenvalue weighted by molar-refractivity contribution is 7.13. The van der Waals surface area contributed by atoms with Gasteiger partial charge < -0.3 is 15.7 Å². The van der Waals surface area contributed by atoms with Crippen molar-refractivity contribution in [3.8, 4) is 10.4 Å². The van der Waals surface area contributed by atoms with Crippen LogP contribution in [0.3, 0.4) is 0 Å². The molecular weight excluding hydrogens is 306 g/mol. The predicted octanol–water partition coefficient (Wildman–Crippen LogP) is 3.08. The first-order chi connectivity index (χ1) is 11.2. The Labute approximate surface area is 142 Å². The number of hydrogen-bond donors (Lipinski definition) is 3. The number of aryl methyl sites for hydroxylation is 1. The molecule has 1 unspecified atom stereocenters. The maximum Gasteiger partial charge on any atom is 0.0801 e. The van der Waals surface area contributed by atoms with Gasteiger partial charge in [-0.3, -0.25) is 0 Å². The van der Waals surface area contributed by atoms with E-state index in [2.05, 4.69) is 53.4 Å². The third-order valence-corrected chi connectivity index (χ3v) is 4.94. The smallest absolute Gasteiger partial charge is 0.0801 e. The number of aliphatic hydroxyl groups excluding tert-OH is 1. The maximum atomic E-state index is 7.00. The van der Waals surface area contributed by atoms with E-state index in [-0.39, 0.29) is 0 Å². The molecule has 3 N–H and O–H groups in total. The first-order valence-corrected chi connectivity index (χ1v) is 8.72. The van der Waals surface area contributed by atoms with Gasteiger partial charge in [-0.05, 0) is 37.4 Å². The molecule has 0 spiro atoms. The SMILES string of the molecule is C=C(NCc1ccc(-c2scnc2C)cc1)C1CCCN1.CO. The molecule has 2 aromatic rings. The second kappa shape index (κ2) is 8.82. The van der Waals surface area contributed by atoms with Crippen LogP contribution in [0.15, 0.2) is 42.1 Å². The molecule has 1 aromatic heterocycles. The van der Waals surface area contributed by atoms with Crippen molar-refractivity contribution in [3.05, 3.63) is 53.3 Å². The molecule has 1 saturated heterocycles. The van der Waals surface area contributed by atoms with Crippen LogP contribution < -0.4 is 10.6 Å².